The van der Waals surface area contributed by atoms with Crippen LogP contribution >= 0.6 is 22.7 Å². The number of thiophene rings is 1. The van der Waals surface area contributed by atoms with E-state index in [0.29, 0.717) is 10.8 Å². The molecule has 3 aromatic rings. The average Bonchev–Trinajstić information content (AvgIpc) is 3.34. The van der Waals surface area contributed by atoms with E-state index in [4.69, 9.17) is 4.74 Å². The summed E-state index contributed by atoms with van der Waals surface area (Å²) in [5, 5.41) is 18.6. The summed E-state index contributed by atoms with van der Waals surface area (Å²) in [5.41, 5.74) is 1.27. The third-order valence-electron chi connectivity index (χ3n) is 3.75. The Morgan fingerprint density at radius 2 is 2.38 bits per heavy atom. The molecular formula is C15H15N5O2S2. The summed E-state index contributed by atoms with van der Waals surface area (Å²) < 4.78 is 7.16. The summed E-state index contributed by atoms with van der Waals surface area (Å²) in [6, 6.07) is 5.72. The first kappa shape index (κ1) is 15.4. The number of nitrogens with zero attached hydrogens (tertiary/aromatic N) is 4. The Morgan fingerprint density at radius 1 is 1.46 bits per heavy atom. The van der Waals surface area contributed by atoms with E-state index in [2.05, 4.69) is 20.6 Å². The molecule has 1 amide bonds. The van der Waals surface area contributed by atoms with Gasteiger partial charge in [0.05, 0.1) is 4.88 Å². The number of amides is 1. The minimum absolute atomic E-state index is 0.00952. The molecule has 1 fully saturated rings. The van der Waals surface area contributed by atoms with Gasteiger partial charge in [-0.1, -0.05) is 17.4 Å². The number of aryl methyl sites for hydroxylation is 1. The summed E-state index contributed by atoms with van der Waals surface area (Å²) in [6.45, 7) is 0.756. The first-order valence-electron chi connectivity index (χ1n) is 7.55. The monoisotopic (exact) mass is 361 g/mol. The highest BCUT2D eigenvalue weighted by molar-refractivity contribution is 7.15. The van der Waals surface area contributed by atoms with Gasteiger partial charge in [0.15, 0.2) is 0 Å². The maximum absolute atomic E-state index is 12.5. The summed E-state index contributed by atoms with van der Waals surface area (Å²) >= 11 is 2.95. The largest absolute Gasteiger partial charge is 0.371 e. The van der Waals surface area contributed by atoms with E-state index >= 15 is 0 Å². The quantitative estimate of drug-likeness (QED) is 0.772. The second-order valence-corrected chi connectivity index (χ2v) is 7.37. The number of carbonyl (C=O) groups excluding carboxylic acids is 1. The molecule has 1 N–H and O–H groups in total. The van der Waals surface area contributed by atoms with E-state index < -0.39 is 0 Å². The van der Waals surface area contributed by atoms with E-state index in [1.165, 1.54) is 11.3 Å². The van der Waals surface area contributed by atoms with Crippen LogP contribution in [0.15, 0.2) is 23.6 Å². The van der Waals surface area contributed by atoms with Crippen molar-refractivity contribution in [3.8, 4) is 10.6 Å². The fraction of sp³-hybridized carbons (Fsp3) is 0.333. The molecule has 0 spiro atoms. The molecule has 0 aromatic carbocycles. The number of rotatable bonds is 4. The van der Waals surface area contributed by atoms with Crippen LogP contribution in [0.5, 0.6) is 0 Å². The summed E-state index contributed by atoms with van der Waals surface area (Å²) in [6.07, 6.45) is 2.00. The van der Waals surface area contributed by atoms with Crippen LogP contribution in [-0.2, 0) is 11.8 Å². The standard InChI is InChI=1S/C15H15N5O2S2/c1-20-10(8-9(19-20)12-5-3-7-23-12)13(21)16-15-18-17-14(24-15)11-4-2-6-22-11/h3,5,7-8,11H,2,4,6H2,1H3,(H,16,18,21)/t11-/m0/s1. The second-order valence-electron chi connectivity index (χ2n) is 5.42. The van der Waals surface area contributed by atoms with Crippen LogP contribution in [-0.4, -0.2) is 32.5 Å². The number of nitrogens with one attached hydrogen (secondary N) is 1. The van der Waals surface area contributed by atoms with Gasteiger partial charge in [0.25, 0.3) is 5.91 Å². The topological polar surface area (TPSA) is 81.9 Å². The minimum Gasteiger partial charge on any atom is -0.371 e. The van der Waals surface area contributed by atoms with Crippen molar-refractivity contribution in [3.05, 3.63) is 34.3 Å². The molecule has 4 rings (SSSR count). The maximum atomic E-state index is 12.5. The van der Waals surface area contributed by atoms with Crippen LogP contribution in [0.25, 0.3) is 10.6 Å². The molecule has 0 saturated carbocycles. The maximum Gasteiger partial charge on any atom is 0.275 e. The Hall–Kier alpha value is -2.10. The van der Waals surface area contributed by atoms with Crippen LogP contribution in [0.3, 0.4) is 0 Å². The molecule has 0 bridgehead atoms. The van der Waals surface area contributed by atoms with Gasteiger partial charge in [-0.15, -0.1) is 21.5 Å². The van der Waals surface area contributed by atoms with Gasteiger partial charge in [-0.2, -0.15) is 5.10 Å². The van der Waals surface area contributed by atoms with E-state index in [1.807, 2.05) is 17.5 Å². The van der Waals surface area contributed by atoms with Crippen molar-refractivity contribution in [1.82, 2.24) is 20.0 Å². The number of ether oxygens (including phenoxy) is 1. The fourth-order valence-electron chi connectivity index (χ4n) is 2.57. The Kier molecular flexibility index (Phi) is 4.13. The van der Waals surface area contributed by atoms with Gasteiger partial charge in [0, 0.05) is 13.7 Å². The Balaban J connectivity index is 1.50. The highest BCUT2D eigenvalue weighted by Gasteiger charge is 2.23. The molecule has 1 aliphatic heterocycles. The van der Waals surface area contributed by atoms with E-state index in [1.54, 1.807) is 29.1 Å². The third-order valence-corrected chi connectivity index (χ3v) is 5.58. The van der Waals surface area contributed by atoms with Gasteiger partial charge in [-0.05, 0) is 30.4 Å². The van der Waals surface area contributed by atoms with Crippen molar-refractivity contribution >= 4 is 33.7 Å². The molecule has 124 valence electrons. The normalized spacial score (nSPS) is 17.3. The van der Waals surface area contributed by atoms with E-state index in [9.17, 15) is 4.79 Å². The highest BCUT2D eigenvalue weighted by Crippen LogP contribution is 2.32. The minimum atomic E-state index is -0.247. The van der Waals surface area contributed by atoms with Gasteiger partial charge < -0.3 is 4.74 Å². The van der Waals surface area contributed by atoms with Crippen molar-refractivity contribution in [2.45, 2.75) is 18.9 Å². The third kappa shape index (κ3) is 2.97. The lowest BCUT2D eigenvalue weighted by molar-refractivity contribution is 0.101. The van der Waals surface area contributed by atoms with E-state index in [-0.39, 0.29) is 12.0 Å². The molecule has 7 nitrogen and oxygen atoms in total. The predicted octanol–water partition coefficient (Wildman–Crippen LogP) is 3.10. The number of carbonyl (C=O) groups is 1. The molecule has 3 aromatic heterocycles. The van der Waals surface area contributed by atoms with Gasteiger partial charge in [-0.3, -0.25) is 14.8 Å². The van der Waals surface area contributed by atoms with Crippen LogP contribution in [0.2, 0.25) is 0 Å². The smallest absolute Gasteiger partial charge is 0.275 e. The van der Waals surface area contributed by atoms with Crippen molar-refractivity contribution in [3.63, 3.8) is 0 Å². The second kappa shape index (κ2) is 6.42. The number of hydrogen-bond acceptors (Lipinski definition) is 7. The van der Waals surface area contributed by atoms with Crippen LogP contribution in [0, 0.1) is 0 Å². The summed E-state index contributed by atoms with van der Waals surface area (Å²) in [5.74, 6) is -0.247. The lowest BCUT2D eigenvalue weighted by Gasteiger charge is -2.02. The molecular weight excluding hydrogens is 346 g/mol. The summed E-state index contributed by atoms with van der Waals surface area (Å²) in [4.78, 5) is 13.5. The lowest BCUT2D eigenvalue weighted by Crippen LogP contribution is -2.15. The SMILES string of the molecule is Cn1nc(-c2cccs2)cc1C(=O)Nc1nnc([C@@H]2CCCO2)s1. The van der Waals surface area contributed by atoms with Crippen LogP contribution < -0.4 is 5.32 Å². The first-order valence-corrected chi connectivity index (χ1v) is 9.24. The van der Waals surface area contributed by atoms with Crippen LogP contribution in [0.1, 0.15) is 34.4 Å². The molecule has 9 heteroatoms. The molecule has 1 atom stereocenters. The molecule has 1 aliphatic rings. The molecule has 0 radical (unpaired) electrons. The molecule has 24 heavy (non-hydrogen) atoms. The Labute approximate surface area is 146 Å². The fourth-order valence-corrected chi connectivity index (χ4v) is 4.08. The molecule has 0 aliphatic carbocycles. The van der Waals surface area contributed by atoms with Crippen molar-refractivity contribution in [2.24, 2.45) is 7.05 Å². The van der Waals surface area contributed by atoms with Crippen LogP contribution in [0.4, 0.5) is 5.13 Å². The number of hydrogen-bond donors (Lipinski definition) is 1. The van der Waals surface area contributed by atoms with Crippen molar-refractivity contribution < 1.29 is 9.53 Å². The molecule has 4 heterocycles. The van der Waals surface area contributed by atoms with Gasteiger partial charge in [0.1, 0.15) is 22.5 Å². The first-order chi connectivity index (χ1) is 11.7. The zero-order valence-corrected chi connectivity index (χ0v) is 14.6. The zero-order valence-electron chi connectivity index (χ0n) is 12.9. The van der Waals surface area contributed by atoms with Crippen molar-refractivity contribution in [2.75, 3.05) is 11.9 Å². The predicted molar refractivity (Wildman–Crippen MR) is 92.3 cm³/mol. The van der Waals surface area contributed by atoms with Gasteiger partial charge >= 0.3 is 0 Å². The zero-order chi connectivity index (χ0) is 16.5. The highest BCUT2D eigenvalue weighted by atomic mass is 32.1. The van der Waals surface area contributed by atoms with Gasteiger partial charge in [-0.25, -0.2) is 0 Å². The molecule has 1 saturated heterocycles. The number of aromatic nitrogens is 4. The summed E-state index contributed by atoms with van der Waals surface area (Å²) in [7, 11) is 1.75. The lowest BCUT2D eigenvalue weighted by atomic mass is 10.2. The average molecular weight is 361 g/mol. The van der Waals surface area contributed by atoms with E-state index in [0.717, 1.165) is 35.0 Å². The Morgan fingerprint density at radius 3 is 3.12 bits per heavy atom. The number of anilines is 1. The van der Waals surface area contributed by atoms with Gasteiger partial charge in [0.2, 0.25) is 5.13 Å². The molecule has 0 unspecified atom stereocenters. The van der Waals surface area contributed by atoms with Crippen molar-refractivity contribution in [1.29, 1.82) is 0 Å². The Bertz CT molecular complexity index is 849.